The Kier molecular flexibility index (Phi) is 0.869. The zero-order valence-corrected chi connectivity index (χ0v) is 5.26. The minimum atomic E-state index is -0.284. The van der Waals surface area contributed by atoms with Crippen molar-refractivity contribution in [3.63, 3.8) is 0 Å². The maximum absolute atomic E-state index is 10.9. The van der Waals surface area contributed by atoms with E-state index in [0.29, 0.717) is 13.0 Å². The number of nitrogens with one attached hydrogen (secondary N) is 1. The molecule has 2 aliphatic heterocycles. The smallest absolute Gasteiger partial charge is 0.328 e. The molecule has 0 saturated carbocycles. The van der Waals surface area contributed by atoms with E-state index in [9.17, 15) is 9.59 Å². The van der Waals surface area contributed by atoms with Gasteiger partial charge in [-0.05, 0) is 0 Å². The summed E-state index contributed by atoms with van der Waals surface area (Å²) in [5.74, 6) is -0.120. The van der Waals surface area contributed by atoms with Crippen LogP contribution in [0.15, 0.2) is 11.8 Å². The molecule has 1 fully saturated rings. The average Bonchev–Trinajstić information content (AvgIpc) is 2.40. The van der Waals surface area contributed by atoms with Gasteiger partial charge in [0.2, 0.25) is 5.91 Å². The van der Waals surface area contributed by atoms with Crippen LogP contribution in [0.2, 0.25) is 0 Å². The van der Waals surface area contributed by atoms with Crippen LogP contribution >= 0.6 is 0 Å². The van der Waals surface area contributed by atoms with Crippen LogP contribution in [0.4, 0.5) is 4.79 Å². The van der Waals surface area contributed by atoms with Gasteiger partial charge in [-0.3, -0.25) is 4.79 Å². The molecular weight excluding hydrogens is 132 g/mol. The fourth-order valence-corrected chi connectivity index (χ4v) is 1.19. The molecule has 0 bridgehead atoms. The molecule has 0 atom stereocenters. The Morgan fingerprint density at radius 3 is 3.00 bits per heavy atom. The van der Waals surface area contributed by atoms with E-state index in [1.54, 1.807) is 6.08 Å². The summed E-state index contributed by atoms with van der Waals surface area (Å²) in [6.07, 6.45) is 2.16. The van der Waals surface area contributed by atoms with Crippen LogP contribution in [-0.4, -0.2) is 23.4 Å². The normalized spacial score (nSPS) is 22.8. The fourth-order valence-electron chi connectivity index (χ4n) is 1.19. The molecule has 0 unspecified atom stereocenters. The second kappa shape index (κ2) is 1.59. The number of nitrogens with zero attached hydrogens (tertiary/aromatic N) is 1. The third-order valence-corrected chi connectivity index (χ3v) is 1.67. The second-order valence-corrected chi connectivity index (χ2v) is 2.29. The zero-order valence-electron chi connectivity index (χ0n) is 5.26. The van der Waals surface area contributed by atoms with Crippen molar-refractivity contribution in [2.75, 3.05) is 6.54 Å². The van der Waals surface area contributed by atoms with E-state index in [2.05, 4.69) is 5.32 Å². The summed E-state index contributed by atoms with van der Waals surface area (Å²) < 4.78 is 0. The standard InChI is InChI=1S/C6H6N2O2/c9-5-2-1-4-3-7-6(10)8(4)5/h1H,2-3H2,(H,7,10). The van der Waals surface area contributed by atoms with Crippen LogP contribution < -0.4 is 5.32 Å². The monoisotopic (exact) mass is 138 g/mol. The summed E-state index contributed by atoms with van der Waals surface area (Å²) in [6.45, 7) is 0.505. The number of carbonyl (C=O) groups excluding carboxylic acids is 2. The lowest BCUT2D eigenvalue weighted by Gasteiger charge is -2.04. The van der Waals surface area contributed by atoms with Crippen LogP contribution in [0, 0.1) is 0 Å². The lowest BCUT2D eigenvalue weighted by molar-refractivity contribution is -0.124. The van der Waals surface area contributed by atoms with Crippen molar-refractivity contribution in [2.24, 2.45) is 0 Å². The molecule has 0 aromatic carbocycles. The Hall–Kier alpha value is -1.32. The maximum Gasteiger partial charge on any atom is 0.328 e. The first-order valence-electron chi connectivity index (χ1n) is 3.09. The Balaban J connectivity index is 2.38. The van der Waals surface area contributed by atoms with Crippen LogP contribution in [0.3, 0.4) is 0 Å². The van der Waals surface area contributed by atoms with Gasteiger partial charge in [-0.2, -0.15) is 0 Å². The summed E-state index contributed by atoms with van der Waals surface area (Å²) in [7, 11) is 0. The van der Waals surface area contributed by atoms with Gasteiger partial charge in [0.15, 0.2) is 0 Å². The molecule has 0 aliphatic carbocycles. The average molecular weight is 138 g/mol. The van der Waals surface area contributed by atoms with E-state index >= 15 is 0 Å². The highest BCUT2D eigenvalue weighted by molar-refractivity contribution is 6.01. The second-order valence-electron chi connectivity index (χ2n) is 2.29. The number of rotatable bonds is 0. The van der Waals surface area contributed by atoms with Gasteiger partial charge in [-0.1, -0.05) is 6.08 Å². The Labute approximate surface area is 57.5 Å². The largest absolute Gasteiger partial charge is 0.332 e. The Morgan fingerprint density at radius 1 is 1.50 bits per heavy atom. The molecule has 3 amide bonds. The first-order chi connectivity index (χ1) is 4.79. The molecule has 0 aromatic rings. The number of hydrogen-bond acceptors (Lipinski definition) is 2. The predicted octanol–water partition coefficient (Wildman–Crippen LogP) is -0.174. The minimum Gasteiger partial charge on any atom is -0.332 e. The fraction of sp³-hybridized carbons (Fsp3) is 0.333. The van der Waals surface area contributed by atoms with Gasteiger partial charge >= 0.3 is 6.03 Å². The summed E-state index contributed by atoms with van der Waals surface area (Å²) >= 11 is 0. The molecule has 2 aliphatic rings. The molecule has 1 saturated heterocycles. The van der Waals surface area contributed by atoms with Crippen LogP contribution in [-0.2, 0) is 4.79 Å². The van der Waals surface area contributed by atoms with Crippen molar-refractivity contribution >= 4 is 11.9 Å². The first kappa shape index (κ1) is 5.46. The number of hydrogen-bond donors (Lipinski definition) is 1. The van der Waals surface area contributed by atoms with Gasteiger partial charge in [0, 0.05) is 12.1 Å². The predicted molar refractivity (Wildman–Crippen MR) is 32.9 cm³/mol. The van der Waals surface area contributed by atoms with Crippen LogP contribution in [0.25, 0.3) is 0 Å². The topological polar surface area (TPSA) is 49.4 Å². The van der Waals surface area contributed by atoms with E-state index in [4.69, 9.17) is 0 Å². The minimum absolute atomic E-state index is 0.120. The molecular formula is C6H6N2O2. The van der Waals surface area contributed by atoms with Gasteiger partial charge in [-0.15, -0.1) is 0 Å². The van der Waals surface area contributed by atoms with Gasteiger partial charge in [0.05, 0.1) is 6.54 Å². The van der Waals surface area contributed by atoms with Gasteiger partial charge in [-0.25, -0.2) is 9.69 Å². The lowest BCUT2D eigenvalue weighted by Crippen LogP contribution is -2.30. The van der Waals surface area contributed by atoms with Crippen molar-refractivity contribution in [3.8, 4) is 0 Å². The maximum atomic E-state index is 10.9. The zero-order chi connectivity index (χ0) is 7.14. The van der Waals surface area contributed by atoms with Crippen molar-refractivity contribution in [2.45, 2.75) is 6.42 Å². The number of amides is 3. The molecule has 0 aromatic heterocycles. The number of urea groups is 1. The van der Waals surface area contributed by atoms with E-state index < -0.39 is 0 Å². The highest BCUT2D eigenvalue weighted by Crippen LogP contribution is 2.19. The third-order valence-electron chi connectivity index (χ3n) is 1.67. The van der Waals surface area contributed by atoms with Crippen molar-refractivity contribution in [3.05, 3.63) is 11.8 Å². The summed E-state index contributed by atoms with van der Waals surface area (Å²) in [5.41, 5.74) is 0.801. The SMILES string of the molecule is O=C1CC=C2CNC(=O)N12. The molecule has 4 heteroatoms. The third kappa shape index (κ3) is 0.504. The highest BCUT2D eigenvalue weighted by atomic mass is 16.2. The summed E-state index contributed by atoms with van der Waals surface area (Å²) in [4.78, 5) is 22.9. The van der Waals surface area contributed by atoms with Crippen LogP contribution in [0.5, 0.6) is 0 Å². The molecule has 2 heterocycles. The van der Waals surface area contributed by atoms with E-state index in [1.807, 2.05) is 0 Å². The van der Waals surface area contributed by atoms with Gasteiger partial charge in [0.25, 0.3) is 0 Å². The summed E-state index contributed by atoms with van der Waals surface area (Å²) in [6, 6.07) is -0.284. The Morgan fingerprint density at radius 2 is 2.30 bits per heavy atom. The molecule has 1 N–H and O–H groups in total. The van der Waals surface area contributed by atoms with Crippen LogP contribution in [0.1, 0.15) is 6.42 Å². The highest BCUT2D eigenvalue weighted by Gasteiger charge is 2.34. The molecule has 2 rings (SSSR count). The summed E-state index contributed by atoms with van der Waals surface area (Å²) in [5, 5.41) is 2.55. The van der Waals surface area contributed by atoms with Gasteiger partial charge in [0.1, 0.15) is 0 Å². The molecule has 0 spiro atoms. The molecule has 4 nitrogen and oxygen atoms in total. The number of carbonyl (C=O) groups is 2. The van der Waals surface area contributed by atoms with E-state index in [0.717, 1.165) is 5.70 Å². The number of imide groups is 1. The molecule has 10 heavy (non-hydrogen) atoms. The van der Waals surface area contributed by atoms with E-state index in [1.165, 1.54) is 4.90 Å². The molecule has 0 radical (unpaired) electrons. The van der Waals surface area contributed by atoms with Crippen molar-refractivity contribution < 1.29 is 9.59 Å². The first-order valence-corrected chi connectivity index (χ1v) is 3.09. The lowest BCUT2D eigenvalue weighted by atomic mass is 10.4. The van der Waals surface area contributed by atoms with Crippen molar-refractivity contribution in [1.82, 2.24) is 10.2 Å². The van der Waals surface area contributed by atoms with Gasteiger partial charge < -0.3 is 5.32 Å². The Bertz CT molecular complexity index is 244. The number of fused-ring (bicyclic) bond motifs is 1. The molecule has 52 valence electrons. The quantitative estimate of drug-likeness (QED) is 0.505. The van der Waals surface area contributed by atoms with Crippen molar-refractivity contribution in [1.29, 1.82) is 0 Å². The van der Waals surface area contributed by atoms with E-state index in [-0.39, 0.29) is 11.9 Å².